The minimum absolute atomic E-state index is 0.121. The van der Waals surface area contributed by atoms with E-state index in [1.54, 1.807) is 12.1 Å². The van der Waals surface area contributed by atoms with Crippen LogP contribution >= 0.6 is 0 Å². The van der Waals surface area contributed by atoms with Gasteiger partial charge >= 0.3 is 0 Å². The smallest absolute Gasteiger partial charge is 0.296 e. The molecule has 0 fully saturated rings. The molecule has 0 atom stereocenters. The lowest BCUT2D eigenvalue weighted by Gasteiger charge is -2.08. The van der Waals surface area contributed by atoms with Gasteiger partial charge in [0, 0.05) is 6.07 Å². The van der Waals surface area contributed by atoms with Crippen molar-refractivity contribution >= 4 is 5.69 Å². The van der Waals surface area contributed by atoms with E-state index < -0.39 is 16.4 Å². The Morgan fingerprint density at radius 1 is 1.43 bits per heavy atom. The highest BCUT2D eigenvalue weighted by atomic mass is 19.1. The summed E-state index contributed by atoms with van der Waals surface area (Å²) in [5.74, 6) is -1.14. The van der Waals surface area contributed by atoms with Crippen LogP contribution in [-0.2, 0) is 0 Å². The number of hydrogen-bond acceptors (Lipinski definition) is 6. The zero-order valence-corrected chi connectivity index (χ0v) is 10.6. The van der Waals surface area contributed by atoms with Crippen LogP contribution in [-0.4, -0.2) is 21.6 Å². The molecule has 21 heavy (non-hydrogen) atoms. The minimum Gasteiger partial charge on any atom is -0.494 e. The standard InChI is InChI=1S/C12H6FN5O3/c1-21-12-3-9(10(18(19)20)2-7(12)13)17-6-16-8(4-14)11(17)5-15/h2-3,6H,1H3. The molecule has 0 aliphatic rings. The highest BCUT2D eigenvalue weighted by Crippen LogP contribution is 2.31. The van der Waals surface area contributed by atoms with E-state index in [1.807, 2.05) is 0 Å². The van der Waals surface area contributed by atoms with Gasteiger partial charge < -0.3 is 4.74 Å². The maximum atomic E-state index is 13.6. The van der Waals surface area contributed by atoms with Crippen LogP contribution in [0, 0.1) is 38.6 Å². The Labute approximate surface area is 117 Å². The Hall–Kier alpha value is -3.46. The molecule has 2 rings (SSSR count). The van der Waals surface area contributed by atoms with E-state index in [0.717, 1.165) is 17.0 Å². The Morgan fingerprint density at radius 3 is 2.67 bits per heavy atom. The van der Waals surface area contributed by atoms with Crippen molar-refractivity contribution < 1.29 is 14.1 Å². The molecule has 1 aromatic heterocycles. The third-order valence-electron chi connectivity index (χ3n) is 2.68. The first-order valence-electron chi connectivity index (χ1n) is 5.43. The van der Waals surface area contributed by atoms with Gasteiger partial charge in [-0.2, -0.15) is 10.5 Å². The number of imidazole rings is 1. The Kier molecular flexibility index (Phi) is 3.50. The molecule has 1 heterocycles. The summed E-state index contributed by atoms with van der Waals surface area (Å²) in [6.07, 6.45) is 1.08. The van der Waals surface area contributed by atoms with Gasteiger partial charge in [-0.1, -0.05) is 0 Å². The zero-order chi connectivity index (χ0) is 15.6. The molecule has 0 aliphatic carbocycles. The van der Waals surface area contributed by atoms with E-state index >= 15 is 0 Å². The summed E-state index contributed by atoms with van der Waals surface area (Å²) in [5, 5.41) is 28.9. The van der Waals surface area contributed by atoms with Gasteiger partial charge in [-0.25, -0.2) is 9.37 Å². The number of halogens is 1. The van der Waals surface area contributed by atoms with Gasteiger partial charge in [-0.3, -0.25) is 14.7 Å². The average Bonchev–Trinajstić information content (AvgIpc) is 2.89. The number of nitriles is 2. The van der Waals surface area contributed by atoms with Crippen LogP contribution < -0.4 is 4.74 Å². The summed E-state index contributed by atoms with van der Waals surface area (Å²) < 4.78 is 19.4. The molecule has 0 bridgehead atoms. The van der Waals surface area contributed by atoms with Gasteiger partial charge in [0.2, 0.25) is 0 Å². The van der Waals surface area contributed by atoms with Crippen LogP contribution in [0.3, 0.4) is 0 Å². The highest BCUT2D eigenvalue weighted by Gasteiger charge is 2.23. The van der Waals surface area contributed by atoms with Gasteiger partial charge in [-0.05, 0) is 0 Å². The van der Waals surface area contributed by atoms with Crippen LogP contribution in [0.1, 0.15) is 11.4 Å². The second-order valence-electron chi connectivity index (χ2n) is 3.77. The second kappa shape index (κ2) is 5.27. The molecule has 2 aromatic rings. The summed E-state index contributed by atoms with van der Waals surface area (Å²) in [5.41, 5.74) is -1.07. The van der Waals surface area contributed by atoms with Crippen LogP contribution in [0.5, 0.6) is 5.75 Å². The maximum Gasteiger partial charge on any atom is 0.296 e. The van der Waals surface area contributed by atoms with Gasteiger partial charge in [-0.15, -0.1) is 0 Å². The van der Waals surface area contributed by atoms with Crippen molar-refractivity contribution in [2.24, 2.45) is 0 Å². The van der Waals surface area contributed by atoms with Crippen molar-refractivity contribution in [1.29, 1.82) is 10.5 Å². The van der Waals surface area contributed by atoms with E-state index in [4.69, 9.17) is 15.3 Å². The van der Waals surface area contributed by atoms with E-state index in [0.29, 0.717) is 6.07 Å². The number of hydrogen-bond donors (Lipinski definition) is 0. The SMILES string of the molecule is COc1cc(-n2cnc(C#N)c2C#N)c([N+](=O)[O-])cc1F. The lowest BCUT2D eigenvalue weighted by Crippen LogP contribution is -2.04. The first-order valence-corrected chi connectivity index (χ1v) is 5.43. The largest absolute Gasteiger partial charge is 0.494 e. The van der Waals surface area contributed by atoms with Crippen LogP contribution in [0.2, 0.25) is 0 Å². The molecule has 0 spiro atoms. The monoisotopic (exact) mass is 287 g/mol. The Morgan fingerprint density at radius 2 is 2.14 bits per heavy atom. The number of aromatic nitrogens is 2. The molecule has 9 heteroatoms. The highest BCUT2D eigenvalue weighted by molar-refractivity contribution is 5.59. The average molecular weight is 287 g/mol. The lowest BCUT2D eigenvalue weighted by atomic mass is 10.2. The molecule has 0 N–H and O–H groups in total. The predicted molar refractivity (Wildman–Crippen MR) is 66.2 cm³/mol. The first-order chi connectivity index (χ1) is 10.0. The maximum absolute atomic E-state index is 13.6. The van der Waals surface area contributed by atoms with Crippen LogP contribution in [0.15, 0.2) is 18.5 Å². The van der Waals surface area contributed by atoms with Crippen molar-refractivity contribution in [3.05, 3.63) is 45.8 Å². The topological polar surface area (TPSA) is 118 Å². The summed E-state index contributed by atoms with van der Waals surface area (Å²) in [7, 11) is 1.20. The van der Waals surface area contributed by atoms with Crippen molar-refractivity contribution in [1.82, 2.24) is 9.55 Å². The van der Waals surface area contributed by atoms with Crippen LogP contribution in [0.25, 0.3) is 5.69 Å². The minimum atomic E-state index is -0.910. The van der Waals surface area contributed by atoms with E-state index in [-0.39, 0.29) is 22.8 Å². The summed E-state index contributed by atoms with van der Waals surface area (Å²) in [4.78, 5) is 13.9. The fourth-order valence-corrected chi connectivity index (χ4v) is 1.75. The predicted octanol–water partition coefficient (Wildman–Crippen LogP) is 1.67. The molecule has 104 valence electrons. The normalized spacial score (nSPS) is 9.71. The molecule has 0 aliphatic heterocycles. The number of nitrogens with zero attached hydrogens (tertiary/aromatic N) is 5. The molecule has 0 amide bonds. The zero-order valence-electron chi connectivity index (χ0n) is 10.6. The lowest BCUT2D eigenvalue weighted by molar-refractivity contribution is -0.384. The van der Waals surface area contributed by atoms with Crippen molar-refractivity contribution in [2.45, 2.75) is 0 Å². The van der Waals surface area contributed by atoms with E-state index in [1.165, 1.54) is 7.11 Å². The third-order valence-corrected chi connectivity index (χ3v) is 2.68. The van der Waals surface area contributed by atoms with Crippen LogP contribution in [0.4, 0.5) is 10.1 Å². The second-order valence-corrected chi connectivity index (χ2v) is 3.77. The molecule has 0 radical (unpaired) electrons. The van der Waals surface area contributed by atoms with Crippen molar-refractivity contribution in [3.63, 3.8) is 0 Å². The number of benzene rings is 1. The van der Waals surface area contributed by atoms with Crippen molar-refractivity contribution in [2.75, 3.05) is 7.11 Å². The molecule has 8 nitrogen and oxygen atoms in total. The number of methoxy groups -OCH3 is 1. The summed E-state index contributed by atoms with van der Waals surface area (Å²) in [6, 6.07) is 5.18. The molecular formula is C12H6FN5O3. The first kappa shape index (κ1) is 14.0. The molecule has 0 saturated carbocycles. The molecule has 0 unspecified atom stereocenters. The fraction of sp³-hybridized carbons (Fsp3) is 0.0833. The van der Waals surface area contributed by atoms with Gasteiger partial charge in [0.25, 0.3) is 5.69 Å². The van der Waals surface area contributed by atoms with Gasteiger partial charge in [0.15, 0.2) is 23.0 Å². The Bertz CT molecular complexity index is 816. The Balaban J connectivity index is 2.80. The van der Waals surface area contributed by atoms with Gasteiger partial charge in [0.1, 0.15) is 24.2 Å². The van der Waals surface area contributed by atoms with E-state index in [9.17, 15) is 14.5 Å². The number of rotatable bonds is 3. The number of nitro benzene ring substituents is 1. The molecule has 0 saturated heterocycles. The third kappa shape index (κ3) is 2.24. The summed E-state index contributed by atoms with van der Waals surface area (Å²) in [6.45, 7) is 0. The van der Waals surface area contributed by atoms with E-state index in [2.05, 4.69) is 4.98 Å². The fourth-order valence-electron chi connectivity index (χ4n) is 1.75. The van der Waals surface area contributed by atoms with Gasteiger partial charge in [0.05, 0.1) is 18.1 Å². The number of nitro groups is 1. The molecular weight excluding hydrogens is 281 g/mol. The quantitative estimate of drug-likeness (QED) is 0.625. The van der Waals surface area contributed by atoms with Crippen molar-refractivity contribution in [3.8, 4) is 23.6 Å². The number of ether oxygens (including phenoxy) is 1. The summed E-state index contributed by atoms with van der Waals surface area (Å²) >= 11 is 0. The molecule has 1 aromatic carbocycles.